The Morgan fingerprint density at radius 3 is 2.44 bits per heavy atom. The van der Waals surface area contributed by atoms with E-state index in [-0.39, 0.29) is 18.1 Å². The van der Waals surface area contributed by atoms with Crippen LogP contribution in [0.1, 0.15) is 30.6 Å². The number of carbonyl (C=O) groups is 1. The van der Waals surface area contributed by atoms with Crippen molar-refractivity contribution in [3.8, 4) is 0 Å². The number of aliphatic hydroxyl groups excluding tert-OH is 1. The third-order valence-corrected chi connectivity index (χ3v) is 3.01. The second-order valence-electron chi connectivity index (χ2n) is 4.32. The predicted molar refractivity (Wildman–Crippen MR) is 72.4 cm³/mol. The second-order valence-corrected chi connectivity index (χ2v) is 5.56. The topological polar surface area (TPSA) is 49.3 Å². The van der Waals surface area contributed by atoms with E-state index < -0.39 is 0 Å². The van der Waals surface area contributed by atoms with Crippen molar-refractivity contribution in [1.29, 1.82) is 0 Å². The highest BCUT2D eigenvalue weighted by Crippen LogP contribution is 2.11. The van der Waals surface area contributed by atoms with E-state index >= 15 is 0 Å². The first kappa shape index (κ1) is 13.4. The quantitative estimate of drug-likeness (QED) is 0.830. The number of halogens is 1. The molecule has 0 fully saturated rings. The average Bonchev–Trinajstić information content (AvgIpc) is 2.17. The molecule has 1 amide bonds. The van der Waals surface area contributed by atoms with Crippen LogP contribution in [0, 0.1) is 3.57 Å². The maximum absolute atomic E-state index is 11.9. The molecule has 1 rings (SSSR count). The standard InChI is InChI=1S/C12H16INO2/c1-12(2,7-8-15)14-11(16)9-3-5-10(13)6-4-9/h3-6,15H,7-8H2,1-2H3,(H,14,16). The molecule has 0 atom stereocenters. The number of amides is 1. The van der Waals surface area contributed by atoms with Crippen molar-refractivity contribution in [2.24, 2.45) is 0 Å². The van der Waals surface area contributed by atoms with Gasteiger partial charge in [0.15, 0.2) is 0 Å². The van der Waals surface area contributed by atoms with Crippen LogP contribution >= 0.6 is 22.6 Å². The number of benzene rings is 1. The van der Waals surface area contributed by atoms with Gasteiger partial charge in [-0.1, -0.05) is 0 Å². The van der Waals surface area contributed by atoms with E-state index in [1.165, 1.54) is 0 Å². The lowest BCUT2D eigenvalue weighted by Crippen LogP contribution is -2.44. The van der Waals surface area contributed by atoms with Crippen LogP contribution in [0.5, 0.6) is 0 Å². The van der Waals surface area contributed by atoms with E-state index in [9.17, 15) is 4.79 Å². The van der Waals surface area contributed by atoms with Gasteiger partial charge in [0.25, 0.3) is 5.91 Å². The Bertz CT molecular complexity index is 360. The van der Waals surface area contributed by atoms with Crippen molar-refractivity contribution < 1.29 is 9.90 Å². The number of hydrogen-bond acceptors (Lipinski definition) is 2. The molecule has 4 heteroatoms. The summed E-state index contributed by atoms with van der Waals surface area (Å²) in [6.07, 6.45) is 0.545. The average molecular weight is 333 g/mol. The molecule has 1 aromatic rings. The molecule has 0 aliphatic carbocycles. The maximum Gasteiger partial charge on any atom is 0.251 e. The summed E-state index contributed by atoms with van der Waals surface area (Å²) in [6.45, 7) is 3.86. The van der Waals surface area contributed by atoms with Gasteiger partial charge in [0.05, 0.1) is 0 Å². The smallest absolute Gasteiger partial charge is 0.251 e. The lowest BCUT2D eigenvalue weighted by molar-refractivity contribution is 0.0899. The molecule has 16 heavy (non-hydrogen) atoms. The van der Waals surface area contributed by atoms with Gasteiger partial charge in [-0.25, -0.2) is 0 Å². The van der Waals surface area contributed by atoms with Gasteiger partial charge in [0.1, 0.15) is 0 Å². The molecule has 1 aromatic carbocycles. The summed E-state index contributed by atoms with van der Waals surface area (Å²) >= 11 is 2.20. The summed E-state index contributed by atoms with van der Waals surface area (Å²) in [7, 11) is 0. The second kappa shape index (κ2) is 5.63. The fourth-order valence-corrected chi connectivity index (χ4v) is 1.68. The third-order valence-electron chi connectivity index (χ3n) is 2.30. The highest BCUT2D eigenvalue weighted by Gasteiger charge is 2.20. The van der Waals surface area contributed by atoms with E-state index in [1.807, 2.05) is 26.0 Å². The van der Waals surface area contributed by atoms with E-state index in [0.29, 0.717) is 12.0 Å². The van der Waals surface area contributed by atoms with E-state index in [2.05, 4.69) is 27.9 Å². The van der Waals surface area contributed by atoms with Crippen LogP contribution in [-0.4, -0.2) is 23.2 Å². The fourth-order valence-electron chi connectivity index (χ4n) is 1.32. The highest BCUT2D eigenvalue weighted by atomic mass is 127. The van der Waals surface area contributed by atoms with Crippen LogP contribution < -0.4 is 5.32 Å². The Kier molecular flexibility index (Phi) is 4.73. The van der Waals surface area contributed by atoms with E-state index in [1.54, 1.807) is 12.1 Å². The fraction of sp³-hybridized carbons (Fsp3) is 0.417. The SMILES string of the molecule is CC(C)(CCO)NC(=O)c1ccc(I)cc1. The van der Waals surface area contributed by atoms with Crippen LogP contribution in [0.2, 0.25) is 0 Å². The largest absolute Gasteiger partial charge is 0.396 e. The molecule has 0 aliphatic rings. The van der Waals surface area contributed by atoms with Crippen LogP contribution in [0.4, 0.5) is 0 Å². The van der Waals surface area contributed by atoms with Crippen LogP contribution in [0.15, 0.2) is 24.3 Å². The molecule has 0 unspecified atom stereocenters. The van der Waals surface area contributed by atoms with Gasteiger partial charge in [-0.15, -0.1) is 0 Å². The molecule has 0 saturated carbocycles. The third kappa shape index (κ3) is 4.09. The number of hydrogen-bond donors (Lipinski definition) is 2. The number of rotatable bonds is 4. The van der Waals surface area contributed by atoms with Gasteiger partial charge < -0.3 is 10.4 Å². The van der Waals surface area contributed by atoms with Gasteiger partial charge in [0, 0.05) is 21.3 Å². The summed E-state index contributed by atoms with van der Waals surface area (Å²) < 4.78 is 1.10. The molecular formula is C12H16INO2. The number of carbonyl (C=O) groups excluding carboxylic acids is 1. The minimum Gasteiger partial charge on any atom is -0.396 e. The molecule has 3 nitrogen and oxygen atoms in total. The van der Waals surface area contributed by atoms with E-state index in [0.717, 1.165) is 3.57 Å². The number of nitrogens with one attached hydrogen (secondary N) is 1. The predicted octanol–water partition coefficient (Wildman–Crippen LogP) is 2.18. The first-order chi connectivity index (χ1) is 7.44. The Balaban J connectivity index is 2.69. The van der Waals surface area contributed by atoms with Crippen LogP contribution in [-0.2, 0) is 0 Å². The maximum atomic E-state index is 11.9. The van der Waals surface area contributed by atoms with Crippen molar-refractivity contribution in [1.82, 2.24) is 5.32 Å². The van der Waals surface area contributed by atoms with Crippen LogP contribution in [0.25, 0.3) is 0 Å². The molecule has 0 spiro atoms. The normalized spacial score (nSPS) is 11.2. The van der Waals surface area contributed by atoms with Crippen molar-refractivity contribution in [2.75, 3.05) is 6.61 Å². The number of aliphatic hydroxyl groups is 1. The molecular weight excluding hydrogens is 317 g/mol. The van der Waals surface area contributed by atoms with Gasteiger partial charge in [-0.05, 0) is 67.1 Å². The zero-order chi connectivity index (χ0) is 12.2. The molecule has 0 aliphatic heterocycles. The van der Waals surface area contributed by atoms with Crippen molar-refractivity contribution in [3.05, 3.63) is 33.4 Å². The molecule has 0 aromatic heterocycles. The first-order valence-electron chi connectivity index (χ1n) is 5.13. The van der Waals surface area contributed by atoms with Gasteiger partial charge in [0.2, 0.25) is 0 Å². The van der Waals surface area contributed by atoms with Crippen molar-refractivity contribution in [2.45, 2.75) is 25.8 Å². The minimum absolute atomic E-state index is 0.0694. The molecule has 0 saturated heterocycles. The Morgan fingerprint density at radius 1 is 1.38 bits per heavy atom. The lowest BCUT2D eigenvalue weighted by Gasteiger charge is -2.25. The Labute approximate surface area is 109 Å². The molecule has 0 bridgehead atoms. The summed E-state index contributed by atoms with van der Waals surface area (Å²) in [5.74, 6) is -0.102. The summed E-state index contributed by atoms with van der Waals surface area (Å²) in [5, 5.41) is 11.8. The monoisotopic (exact) mass is 333 g/mol. The zero-order valence-electron chi connectivity index (χ0n) is 9.46. The molecule has 88 valence electrons. The first-order valence-corrected chi connectivity index (χ1v) is 6.21. The van der Waals surface area contributed by atoms with Gasteiger partial charge in [-0.3, -0.25) is 4.79 Å². The van der Waals surface area contributed by atoms with E-state index in [4.69, 9.17) is 5.11 Å². The van der Waals surface area contributed by atoms with Gasteiger partial charge >= 0.3 is 0 Å². The van der Waals surface area contributed by atoms with Crippen LogP contribution in [0.3, 0.4) is 0 Å². The Hall–Kier alpha value is -0.620. The minimum atomic E-state index is -0.380. The summed E-state index contributed by atoms with van der Waals surface area (Å²) in [6, 6.07) is 7.39. The molecule has 2 N–H and O–H groups in total. The summed E-state index contributed by atoms with van der Waals surface area (Å²) in [4.78, 5) is 11.9. The summed E-state index contributed by atoms with van der Waals surface area (Å²) in [5.41, 5.74) is 0.265. The highest BCUT2D eigenvalue weighted by molar-refractivity contribution is 14.1. The zero-order valence-corrected chi connectivity index (χ0v) is 11.6. The van der Waals surface area contributed by atoms with Crippen molar-refractivity contribution in [3.63, 3.8) is 0 Å². The van der Waals surface area contributed by atoms with Crippen molar-refractivity contribution >= 4 is 28.5 Å². The lowest BCUT2D eigenvalue weighted by atomic mass is 10.0. The molecule has 0 heterocycles. The van der Waals surface area contributed by atoms with Gasteiger partial charge in [-0.2, -0.15) is 0 Å². The molecule has 0 radical (unpaired) electrons. The Morgan fingerprint density at radius 2 is 1.94 bits per heavy atom.